The molecule has 0 aromatic heterocycles. The maximum absolute atomic E-state index is 11.7. The Morgan fingerprint density at radius 2 is 2.09 bits per heavy atom. The summed E-state index contributed by atoms with van der Waals surface area (Å²) in [6.45, 7) is 4.19. The number of hydrogen-bond donors (Lipinski definition) is 3. The number of nitrogens with one attached hydrogen (secondary N) is 2. The van der Waals surface area contributed by atoms with Crippen LogP contribution in [-0.2, 0) is 0 Å². The summed E-state index contributed by atoms with van der Waals surface area (Å²) >= 11 is 6.35. The van der Waals surface area contributed by atoms with Crippen LogP contribution in [0.3, 0.4) is 0 Å². The first-order valence-corrected chi connectivity index (χ1v) is 8.21. The van der Waals surface area contributed by atoms with Crippen molar-refractivity contribution >= 4 is 29.0 Å². The van der Waals surface area contributed by atoms with E-state index in [1.165, 1.54) is 19.3 Å². The van der Waals surface area contributed by atoms with Crippen LogP contribution in [0.2, 0.25) is 5.02 Å². The average Bonchev–Trinajstić information content (AvgIpc) is 2.48. The molecular weight excluding hydrogens is 302 g/mol. The van der Waals surface area contributed by atoms with Gasteiger partial charge >= 0.3 is 6.03 Å². The molecule has 3 N–H and O–H groups in total. The smallest absolute Gasteiger partial charge is 0.319 e. The molecule has 6 heteroatoms. The number of piperidine rings is 1. The summed E-state index contributed by atoms with van der Waals surface area (Å²) < 4.78 is 0. The number of rotatable bonds is 5. The Morgan fingerprint density at radius 3 is 2.73 bits per heavy atom. The lowest BCUT2D eigenvalue weighted by molar-refractivity contribution is 0.184. The minimum Gasteiger partial charge on any atom is -0.393 e. The molecule has 1 aromatic carbocycles. The van der Waals surface area contributed by atoms with Crippen LogP contribution in [0.5, 0.6) is 0 Å². The third-order valence-electron chi connectivity index (χ3n) is 3.75. The standard InChI is InChI=1S/C16H24ClN3O2/c1-12(21)7-8-18-16(22)19-13-5-6-15(14(17)11-13)20-9-3-2-4-10-20/h5-6,11-12,21H,2-4,7-10H2,1H3,(H2,18,19,22). The van der Waals surface area contributed by atoms with E-state index >= 15 is 0 Å². The molecule has 0 bridgehead atoms. The minimum atomic E-state index is -0.418. The van der Waals surface area contributed by atoms with Crippen LogP contribution in [-0.4, -0.2) is 36.9 Å². The molecule has 2 rings (SSSR count). The maximum atomic E-state index is 11.7. The monoisotopic (exact) mass is 325 g/mol. The second-order valence-electron chi connectivity index (χ2n) is 5.73. The number of nitrogens with zero attached hydrogens (tertiary/aromatic N) is 1. The molecule has 5 nitrogen and oxygen atoms in total. The number of urea groups is 1. The molecule has 2 amide bonds. The molecule has 1 saturated heterocycles. The van der Waals surface area contributed by atoms with Crippen molar-refractivity contribution in [2.45, 2.75) is 38.7 Å². The molecule has 0 saturated carbocycles. The predicted octanol–water partition coefficient (Wildman–Crippen LogP) is 3.22. The Labute approximate surface area is 136 Å². The third-order valence-corrected chi connectivity index (χ3v) is 4.05. The van der Waals surface area contributed by atoms with Gasteiger partial charge in [-0.1, -0.05) is 11.6 Å². The lowest BCUT2D eigenvalue weighted by Gasteiger charge is -2.29. The van der Waals surface area contributed by atoms with Crippen molar-refractivity contribution < 1.29 is 9.90 Å². The molecule has 1 heterocycles. The quantitative estimate of drug-likeness (QED) is 0.778. The lowest BCUT2D eigenvalue weighted by Crippen LogP contribution is -2.31. The van der Waals surface area contributed by atoms with Gasteiger partial charge in [-0.3, -0.25) is 0 Å². The van der Waals surface area contributed by atoms with E-state index in [9.17, 15) is 4.79 Å². The van der Waals surface area contributed by atoms with Crippen molar-refractivity contribution in [2.75, 3.05) is 29.9 Å². The first kappa shape index (κ1) is 16.9. The van der Waals surface area contributed by atoms with Crippen molar-refractivity contribution in [3.63, 3.8) is 0 Å². The van der Waals surface area contributed by atoms with Gasteiger partial charge in [-0.25, -0.2) is 4.79 Å². The molecule has 1 atom stereocenters. The highest BCUT2D eigenvalue weighted by molar-refractivity contribution is 6.33. The number of aliphatic hydroxyl groups is 1. The SMILES string of the molecule is CC(O)CCNC(=O)Nc1ccc(N2CCCCC2)c(Cl)c1. The lowest BCUT2D eigenvalue weighted by atomic mass is 10.1. The van der Waals surface area contributed by atoms with E-state index in [4.69, 9.17) is 16.7 Å². The average molecular weight is 326 g/mol. The van der Waals surface area contributed by atoms with Crippen molar-refractivity contribution in [3.8, 4) is 0 Å². The molecule has 0 spiro atoms. The number of carbonyl (C=O) groups is 1. The van der Waals surface area contributed by atoms with Gasteiger partial charge in [0.15, 0.2) is 0 Å². The van der Waals surface area contributed by atoms with Crippen molar-refractivity contribution in [3.05, 3.63) is 23.2 Å². The highest BCUT2D eigenvalue weighted by atomic mass is 35.5. The van der Waals surface area contributed by atoms with Crippen molar-refractivity contribution in [1.82, 2.24) is 5.32 Å². The van der Waals surface area contributed by atoms with Gasteiger partial charge in [-0.2, -0.15) is 0 Å². The van der Waals surface area contributed by atoms with E-state index in [1.54, 1.807) is 13.0 Å². The summed E-state index contributed by atoms with van der Waals surface area (Å²) in [4.78, 5) is 14.0. The van der Waals surface area contributed by atoms with E-state index in [0.29, 0.717) is 23.7 Å². The fraction of sp³-hybridized carbons (Fsp3) is 0.562. The zero-order valence-electron chi connectivity index (χ0n) is 12.9. The summed E-state index contributed by atoms with van der Waals surface area (Å²) in [5, 5.41) is 15.3. The fourth-order valence-electron chi connectivity index (χ4n) is 2.55. The highest BCUT2D eigenvalue weighted by Crippen LogP contribution is 2.30. The largest absolute Gasteiger partial charge is 0.393 e. The number of hydrogen-bond acceptors (Lipinski definition) is 3. The molecule has 1 aliphatic heterocycles. The maximum Gasteiger partial charge on any atom is 0.319 e. The van der Waals surface area contributed by atoms with Crippen LogP contribution in [0.4, 0.5) is 16.2 Å². The van der Waals surface area contributed by atoms with Gasteiger partial charge in [0, 0.05) is 25.3 Å². The predicted molar refractivity (Wildman–Crippen MR) is 90.8 cm³/mol. The summed E-state index contributed by atoms with van der Waals surface area (Å²) in [6, 6.07) is 5.31. The fourth-order valence-corrected chi connectivity index (χ4v) is 2.85. The van der Waals surface area contributed by atoms with E-state index < -0.39 is 6.10 Å². The highest BCUT2D eigenvalue weighted by Gasteiger charge is 2.14. The van der Waals surface area contributed by atoms with E-state index in [0.717, 1.165) is 18.8 Å². The first-order valence-electron chi connectivity index (χ1n) is 7.83. The topological polar surface area (TPSA) is 64.6 Å². The molecule has 122 valence electrons. The van der Waals surface area contributed by atoms with Gasteiger partial charge < -0.3 is 20.6 Å². The van der Waals surface area contributed by atoms with Crippen LogP contribution in [0.15, 0.2) is 18.2 Å². The van der Waals surface area contributed by atoms with Crippen LogP contribution in [0, 0.1) is 0 Å². The zero-order chi connectivity index (χ0) is 15.9. The zero-order valence-corrected chi connectivity index (χ0v) is 13.7. The number of aliphatic hydroxyl groups excluding tert-OH is 1. The van der Waals surface area contributed by atoms with Crippen LogP contribution in [0.25, 0.3) is 0 Å². The minimum absolute atomic E-state index is 0.289. The Kier molecular flexibility index (Phi) is 6.34. The Balaban J connectivity index is 1.90. The van der Waals surface area contributed by atoms with E-state index in [1.807, 2.05) is 12.1 Å². The number of carbonyl (C=O) groups excluding carboxylic acids is 1. The van der Waals surface area contributed by atoms with Crippen LogP contribution in [0.1, 0.15) is 32.6 Å². The number of benzene rings is 1. The van der Waals surface area contributed by atoms with Gasteiger partial charge in [-0.05, 0) is 50.8 Å². The molecular formula is C16H24ClN3O2. The normalized spacial score (nSPS) is 16.2. The number of halogens is 1. The Morgan fingerprint density at radius 1 is 1.36 bits per heavy atom. The summed E-state index contributed by atoms with van der Waals surface area (Å²) in [7, 11) is 0. The third kappa shape index (κ3) is 5.07. The molecule has 0 radical (unpaired) electrons. The summed E-state index contributed by atoms with van der Waals surface area (Å²) in [5.74, 6) is 0. The van der Waals surface area contributed by atoms with Crippen LogP contribution < -0.4 is 15.5 Å². The molecule has 22 heavy (non-hydrogen) atoms. The second-order valence-corrected chi connectivity index (χ2v) is 6.14. The van der Waals surface area contributed by atoms with Gasteiger partial charge in [-0.15, -0.1) is 0 Å². The van der Waals surface area contributed by atoms with E-state index in [2.05, 4.69) is 15.5 Å². The number of amides is 2. The Bertz CT molecular complexity index is 502. The van der Waals surface area contributed by atoms with Gasteiger partial charge in [0.1, 0.15) is 0 Å². The van der Waals surface area contributed by atoms with E-state index in [-0.39, 0.29) is 6.03 Å². The number of anilines is 2. The first-order chi connectivity index (χ1) is 10.6. The van der Waals surface area contributed by atoms with Crippen molar-refractivity contribution in [1.29, 1.82) is 0 Å². The molecule has 1 aromatic rings. The molecule has 1 aliphatic rings. The van der Waals surface area contributed by atoms with Gasteiger partial charge in [0.2, 0.25) is 0 Å². The Hall–Kier alpha value is -1.46. The summed E-state index contributed by atoms with van der Waals surface area (Å²) in [5.41, 5.74) is 1.70. The van der Waals surface area contributed by atoms with Crippen molar-refractivity contribution in [2.24, 2.45) is 0 Å². The molecule has 1 unspecified atom stereocenters. The second kappa shape index (κ2) is 8.25. The van der Waals surface area contributed by atoms with Gasteiger partial charge in [0.25, 0.3) is 0 Å². The molecule has 1 fully saturated rings. The van der Waals surface area contributed by atoms with Crippen LogP contribution >= 0.6 is 11.6 Å². The summed E-state index contributed by atoms with van der Waals surface area (Å²) in [6.07, 6.45) is 3.78. The molecule has 0 aliphatic carbocycles. The van der Waals surface area contributed by atoms with Gasteiger partial charge in [0.05, 0.1) is 16.8 Å².